The van der Waals surface area contributed by atoms with Crippen molar-refractivity contribution in [2.75, 3.05) is 5.32 Å². The number of hydrogen-bond donors (Lipinski definition) is 1. The molecule has 0 aliphatic carbocycles. The number of rotatable bonds is 4. The third kappa shape index (κ3) is 3.45. The highest BCUT2D eigenvalue weighted by atomic mass is 19.2. The van der Waals surface area contributed by atoms with Gasteiger partial charge in [-0.05, 0) is 30.3 Å². The Morgan fingerprint density at radius 3 is 2.56 bits per heavy atom. The maximum Gasteiger partial charge on any atom is 0.296 e. The monoisotopic (exact) mass is 341 g/mol. The second kappa shape index (κ2) is 6.64. The summed E-state index contributed by atoms with van der Waals surface area (Å²) in [4.78, 5) is 28.4. The minimum absolute atomic E-state index is 0.225. The topological polar surface area (TPSA) is 64.0 Å². The van der Waals surface area contributed by atoms with E-state index in [1.54, 1.807) is 30.6 Å². The number of anilines is 1. The molecule has 126 valence electrons. The molecule has 5 nitrogen and oxygen atoms in total. The summed E-state index contributed by atoms with van der Waals surface area (Å²) in [5.41, 5.74) is 0.920. The van der Waals surface area contributed by atoms with E-state index < -0.39 is 23.3 Å². The lowest BCUT2D eigenvalue weighted by Crippen LogP contribution is -2.23. The number of ketones is 1. The molecule has 0 saturated heterocycles. The molecule has 1 heterocycles. The molecule has 0 saturated carbocycles. The average molecular weight is 341 g/mol. The Hall–Kier alpha value is -3.35. The molecule has 3 rings (SSSR count). The molecule has 0 aliphatic rings. The normalized spacial score (nSPS) is 10.5. The number of nitrogens with zero attached hydrogens (tertiary/aromatic N) is 2. The molecule has 3 aromatic rings. The zero-order valence-electron chi connectivity index (χ0n) is 13.2. The standard InChI is InChI=1S/C18H13F2N3O2/c1-23-8-7-21-17(23)12-3-2-4-13(9-12)22-18(25)16(24)11-5-6-14(19)15(20)10-11/h2-10H,1H3,(H,22,25). The van der Waals surface area contributed by atoms with Gasteiger partial charge in [0, 0.05) is 36.3 Å². The lowest BCUT2D eigenvalue weighted by atomic mass is 10.1. The maximum atomic E-state index is 13.2. The minimum Gasteiger partial charge on any atom is -0.334 e. The predicted octanol–water partition coefficient (Wildman–Crippen LogP) is 3.19. The van der Waals surface area contributed by atoms with Crippen molar-refractivity contribution in [2.45, 2.75) is 0 Å². The Labute approximate surface area is 141 Å². The summed E-state index contributed by atoms with van der Waals surface area (Å²) in [5, 5.41) is 2.45. The van der Waals surface area contributed by atoms with Gasteiger partial charge in [0.05, 0.1) is 0 Å². The largest absolute Gasteiger partial charge is 0.334 e. The van der Waals surface area contributed by atoms with E-state index in [0.717, 1.165) is 17.7 Å². The van der Waals surface area contributed by atoms with Crippen LogP contribution >= 0.6 is 0 Å². The van der Waals surface area contributed by atoms with Crippen molar-refractivity contribution < 1.29 is 18.4 Å². The zero-order valence-corrected chi connectivity index (χ0v) is 13.2. The van der Waals surface area contributed by atoms with Crippen molar-refractivity contribution in [3.05, 3.63) is 72.1 Å². The van der Waals surface area contributed by atoms with Crippen molar-refractivity contribution in [3.63, 3.8) is 0 Å². The summed E-state index contributed by atoms with van der Waals surface area (Å²) >= 11 is 0. The molecule has 0 atom stereocenters. The van der Waals surface area contributed by atoms with Crippen molar-refractivity contribution in [3.8, 4) is 11.4 Å². The van der Waals surface area contributed by atoms with E-state index in [9.17, 15) is 18.4 Å². The van der Waals surface area contributed by atoms with Crippen LogP contribution in [0.15, 0.2) is 54.9 Å². The fourth-order valence-electron chi connectivity index (χ4n) is 2.34. The van der Waals surface area contributed by atoms with Gasteiger partial charge in [-0.1, -0.05) is 12.1 Å². The van der Waals surface area contributed by atoms with Crippen LogP contribution in [-0.2, 0) is 11.8 Å². The highest BCUT2D eigenvalue weighted by molar-refractivity contribution is 6.46. The molecule has 1 amide bonds. The maximum absolute atomic E-state index is 13.2. The number of Topliss-reactive ketones (excluding diaryl/α,β-unsaturated/α-hetero) is 1. The summed E-state index contributed by atoms with van der Waals surface area (Å²) in [7, 11) is 1.83. The van der Waals surface area contributed by atoms with E-state index in [0.29, 0.717) is 17.6 Å². The van der Waals surface area contributed by atoms with E-state index in [4.69, 9.17) is 0 Å². The molecule has 0 aliphatic heterocycles. The van der Waals surface area contributed by atoms with Gasteiger partial charge in [0.25, 0.3) is 11.7 Å². The fourth-order valence-corrected chi connectivity index (χ4v) is 2.34. The van der Waals surface area contributed by atoms with Crippen LogP contribution in [0.1, 0.15) is 10.4 Å². The van der Waals surface area contributed by atoms with Crippen LogP contribution in [0.5, 0.6) is 0 Å². The van der Waals surface area contributed by atoms with Gasteiger partial charge < -0.3 is 9.88 Å². The molecule has 1 N–H and O–H groups in total. The number of imidazole rings is 1. The number of halogens is 2. The number of aryl methyl sites for hydroxylation is 1. The smallest absolute Gasteiger partial charge is 0.296 e. The Morgan fingerprint density at radius 2 is 1.88 bits per heavy atom. The number of amides is 1. The quantitative estimate of drug-likeness (QED) is 0.585. The summed E-state index contributed by atoms with van der Waals surface area (Å²) in [5.74, 6) is -3.47. The highest BCUT2D eigenvalue weighted by Crippen LogP contribution is 2.21. The first-order valence-corrected chi connectivity index (χ1v) is 7.34. The van der Waals surface area contributed by atoms with Crippen LogP contribution in [0.25, 0.3) is 11.4 Å². The van der Waals surface area contributed by atoms with Crippen LogP contribution in [0.3, 0.4) is 0 Å². The van der Waals surface area contributed by atoms with Crippen LogP contribution in [-0.4, -0.2) is 21.2 Å². The van der Waals surface area contributed by atoms with Crippen LogP contribution in [0, 0.1) is 11.6 Å². The van der Waals surface area contributed by atoms with Crippen molar-refractivity contribution >= 4 is 17.4 Å². The summed E-state index contributed by atoms with van der Waals surface area (Å²) in [6.45, 7) is 0. The first kappa shape index (κ1) is 16.5. The van der Waals surface area contributed by atoms with Gasteiger partial charge in [-0.3, -0.25) is 9.59 Å². The third-order valence-corrected chi connectivity index (χ3v) is 3.59. The molecule has 25 heavy (non-hydrogen) atoms. The van der Waals surface area contributed by atoms with Gasteiger partial charge in [-0.25, -0.2) is 13.8 Å². The molecule has 2 aromatic carbocycles. The molecular weight excluding hydrogens is 328 g/mol. The van der Waals surface area contributed by atoms with Gasteiger partial charge in [0.15, 0.2) is 11.6 Å². The highest BCUT2D eigenvalue weighted by Gasteiger charge is 2.18. The van der Waals surface area contributed by atoms with E-state index in [1.165, 1.54) is 0 Å². The molecule has 0 radical (unpaired) electrons. The lowest BCUT2D eigenvalue weighted by molar-refractivity contribution is -0.112. The van der Waals surface area contributed by atoms with Gasteiger partial charge in [0.2, 0.25) is 0 Å². The Bertz CT molecular complexity index is 966. The number of carbonyl (C=O) groups is 2. The second-order valence-electron chi connectivity index (χ2n) is 5.35. The number of aromatic nitrogens is 2. The molecule has 7 heteroatoms. The van der Waals surface area contributed by atoms with Crippen LogP contribution in [0.2, 0.25) is 0 Å². The van der Waals surface area contributed by atoms with Crippen LogP contribution < -0.4 is 5.32 Å². The summed E-state index contributed by atoms with van der Waals surface area (Å²) in [6, 6.07) is 9.36. The Balaban J connectivity index is 1.80. The minimum atomic E-state index is -1.18. The zero-order chi connectivity index (χ0) is 18.0. The van der Waals surface area contributed by atoms with Crippen molar-refractivity contribution in [1.29, 1.82) is 0 Å². The van der Waals surface area contributed by atoms with E-state index in [2.05, 4.69) is 10.3 Å². The molecule has 0 bridgehead atoms. The number of carbonyl (C=O) groups excluding carboxylic acids is 2. The van der Waals surface area contributed by atoms with Gasteiger partial charge in [0.1, 0.15) is 5.82 Å². The molecule has 0 fully saturated rings. The lowest BCUT2D eigenvalue weighted by Gasteiger charge is -2.07. The number of hydrogen-bond acceptors (Lipinski definition) is 3. The summed E-state index contributed by atoms with van der Waals surface area (Å²) in [6.07, 6.45) is 3.43. The van der Waals surface area contributed by atoms with E-state index in [1.807, 2.05) is 17.7 Å². The predicted molar refractivity (Wildman–Crippen MR) is 88.0 cm³/mol. The molecule has 0 unspecified atom stereocenters. The molecular formula is C18H13F2N3O2. The molecule has 1 aromatic heterocycles. The van der Waals surface area contributed by atoms with E-state index in [-0.39, 0.29) is 5.56 Å². The fraction of sp³-hybridized carbons (Fsp3) is 0.0556. The second-order valence-corrected chi connectivity index (χ2v) is 5.35. The SMILES string of the molecule is Cn1ccnc1-c1cccc(NC(=O)C(=O)c2ccc(F)c(F)c2)c1. The first-order valence-electron chi connectivity index (χ1n) is 7.34. The third-order valence-electron chi connectivity index (χ3n) is 3.59. The van der Waals surface area contributed by atoms with Gasteiger partial charge in [-0.2, -0.15) is 0 Å². The first-order chi connectivity index (χ1) is 12.0. The van der Waals surface area contributed by atoms with Crippen molar-refractivity contribution in [2.24, 2.45) is 7.05 Å². The number of nitrogens with one attached hydrogen (secondary N) is 1. The Morgan fingerprint density at radius 1 is 1.08 bits per heavy atom. The number of benzene rings is 2. The van der Waals surface area contributed by atoms with Gasteiger partial charge in [-0.15, -0.1) is 0 Å². The van der Waals surface area contributed by atoms with E-state index >= 15 is 0 Å². The summed E-state index contributed by atoms with van der Waals surface area (Å²) < 4.78 is 27.9. The van der Waals surface area contributed by atoms with Crippen LogP contribution in [0.4, 0.5) is 14.5 Å². The van der Waals surface area contributed by atoms with Gasteiger partial charge >= 0.3 is 0 Å². The average Bonchev–Trinajstić information content (AvgIpc) is 3.03. The Kier molecular flexibility index (Phi) is 4.38. The van der Waals surface area contributed by atoms with Crippen molar-refractivity contribution in [1.82, 2.24) is 9.55 Å². The molecule has 0 spiro atoms.